The van der Waals surface area contributed by atoms with Crippen LogP contribution in [0.15, 0.2) is 24.3 Å². The molecule has 0 atom stereocenters. The summed E-state index contributed by atoms with van der Waals surface area (Å²) in [6, 6.07) is 7.91. The second kappa shape index (κ2) is 4.28. The highest BCUT2D eigenvalue weighted by atomic mass is 32.2. The molecule has 0 saturated carbocycles. The van der Waals surface area contributed by atoms with E-state index in [2.05, 4.69) is 5.73 Å². The first-order valence-corrected chi connectivity index (χ1v) is 4.71. The molecule has 0 radical (unpaired) electrons. The Labute approximate surface area is 76.2 Å². The Morgan fingerprint density at radius 3 is 2.50 bits per heavy atom. The van der Waals surface area contributed by atoms with Crippen LogP contribution in [0.5, 0.6) is 0 Å². The molecule has 2 nitrogen and oxygen atoms in total. The zero-order chi connectivity index (χ0) is 8.97. The molecule has 0 aromatic heterocycles. The molecule has 0 unspecified atom stereocenters. The molecule has 0 heterocycles. The molecule has 64 valence electrons. The van der Waals surface area contributed by atoms with E-state index in [1.807, 2.05) is 24.3 Å². The normalized spacial score (nSPS) is 9.83. The van der Waals surface area contributed by atoms with Crippen LogP contribution in [0.2, 0.25) is 0 Å². The summed E-state index contributed by atoms with van der Waals surface area (Å²) < 4.78 is 0. The molecule has 0 aliphatic rings. The fraction of sp³-hybridized carbons (Fsp3) is 0.222. The van der Waals surface area contributed by atoms with E-state index in [4.69, 9.17) is 0 Å². The van der Waals surface area contributed by atoms with E-state index >= 15 is 0 Å². The topological polar surface area (TPSA) is 44.7 Å². The summed E-state index contributed by atoms with van der Waals surface area (Å²) in [6.07, 6.45) is 0. The van der Waals surface area contributed by atoms with Crippen LogP contribution in [-0.4, -0.2) is 5.12 Å². The fourth-order valence-electron chi connectivity index (χ4n) is 0.820. The minimum absolute atomic E-state index is 0.161. The number of thioether (sulfide) groups is 1. The smallest absolute Gasteiger partial charge is 0.186 e. The van der Waals surface area contributed by atoms with Gasteiger partial charge in [-0.05, 0) is 17.7 Å². The zero-order valence-corrected chi connectivity index (χ0v) is 7.86. The highest BCUT2D eigenvalue weighted by Crippen LogP contribution is 2.13. The molecule has 0 fully saturated rings. The van der Waals surface area contributed by atoms with Crippen LogP contribution in [-0.2, 0) is 10.5 Å². The third-order valence-electron chi connectivity index (χ3n) is 1.47. The minimum Gasteiger partial charge on any atom is -0.325 e. The van der Waals surface area contributed by atoms with Gasteiger partial charge in [-0.15, -0.1) is 0 Å². The van der Waals surface area contributed by atoms with E-state index in [0.717, 1.165) is 11.4 Å². The average Bonchev–Trinajstić information content (AvgIpc) is 2.03. The second-order valence-electron chi connectivity index (χ2n) is 2.60. The number of hydrogen-bond acceptors (Lipinski definition) is 2. The third-order valence-corrected chi connectivity index (χ3v) is 2.35. The van der Waals surface area contributed by atoms with E-state index in [-0.39, 0.29) is 5.12 Å². The van der Waals surface area contributed by atoms with Crippen LogP contribution in [0, 0.1) is 0 Å². The maximum atomic E-state index is 10.6. The van der Waals surface area contributed by atoms with E-state index in [1.54, 1.807) is 6.92 Å². The molecule has 1 aromatic rings. The number of rotatable bonds is 2. The Bertz CT molecular complexity index is 268. The first kappa shape index (κ1) is 9.29. The Balaban J connectivity index is 2.53. The molecule has 0 amide bonds. The first-order chi connectivity index (χ1) is 5.68. The van der Waals surface area contributed by atoms with Gasteiger partial charge in [-0.2, -0.15) is 0 Å². The van der Waals surface area contributed by atoms with E-state index < -0.39 is 0 Å². The van der Waals surface area contributed by atoms with Crippen molar-refractivity contribution in [2.45, 2.75) is 12.7 Å². The lowest BCUT2D eigenvalue weighted by atomic mass is 10.2. The van der Waals surface area contributed by atoms with Crippen LogP contribution < -0.4 is 5.73 Å². The quantitative estimate of drug-likeness (QED) is 0.750. The van der Waals surface area contributed by atoms with Gasteiger partial charge in [0.05, 0.1) is 0 Å². The number of carbonyl (C=O) groups is 1. The number of hydrogen-bond donors (Lipinski definition) is 1. The average molecular weight is 182 g/mol. The fourth-order valence-corrected chi connectivity index (χ4v) is 1.38. The van der Waals surface area contributed by atoms with Gasteiger partial charge >= 0.3 is 0 Å². The molecule has 3 N–H and O–H groups in total. The van der Waals surface area contributed by atoms with Crippen molar-refractivity contribution in [1.82, 2.24) is 0 Å². The minimum atomic E-state index is 0.161. The Morgan fingerprint density at radius 1 is 1.42 bits per heavy atom. The summed E-state index contributed by atoms with van der Waals surface area (Å²) in [4.78, 5) is 10.6. The maximum Gasteiger partial charge on any atom is 0.186 e. The Morgan fingerprint density at radius 2 is 2.00 bits per heavy atom. The van der Waals surface area contributed by atoms with Crippen molar-refractivity contribution >= 4 is 22.6 Å². The number of benzene rings is 1. The predicted molar refractivity (Wildman–Crippen MR) is 51.0 cm³/mol. The van der Waals surface area contributed by atoms with Crippen molar-refractivity contribution in [3.05, 3.63) is 29.8 Å². The molecule has 3 heteroatoms. The second-order valence-corrected chi connectivity index (χ2v) is 3.75. The Kier molecular flexibility index (Phi) is 3.31. The van der Waals surface area contributed by atoms with Crippen molar-refractivity contribution < 1.29 is 10.5 Å². The van der Waals surface area contributed by atoms with Gasteiger partial charge in [0.1, 0.15) is 5.69 Å². The number of quaternary nitrogens is 1. The summed E-state index contributed by atoms with van der Waals surface area (Å²) in [5.41, 5.74) is 5.96. The van der Waals surface area contributed by atoms with Crippen LogP contribution >= 0.6 is 11.8 Å². The molecule has 0 bridgehead atoms. The molecular formula is C9H12NOS+. The molecule has 0 saturated heterocycles. The maximum absolute atomic E-state index is 10.6. The van der Waals surface area contributed by atoms with Gasteiger partial charge in [-0.3, -0.25) is 4.79 Å². The molecule has 1 rings (SSSR count). The summed E-state index contributed by atoms with van der Waals surface area (Å²) in [7, 11) is 0. The van der Waals surface area contributed by atoms with Crippen molar-refractivity contribution in [1.29, 1.82) is 0 Å². The predicted octanol–water partition coefficient (Wildman–Crippen LogP) is 1.34. The molecular weight excluding hydrogens is 170 g/mol. The largest absolute Gasteiger partial charge is 0.325 e. The van der Waals surface area contributed by atoms with Gasteiger partial charge in [0.2, 0.25) is 0 Å². The van der Waals surface area contributed by atoms with Crippen LogP contribution in [0.3, 0.4) is 0 Å². The van der Waals surface area contributed by atoms with E-state index in [1.165, 1.54) is 17.3 Å². The lowest BCUT2D eigenvalue weighted by molar-refractivity contribution is -0.254. The lowest BCUT2D eigenvalue weighted by Crippen LogP contribution is -2.39. The first-order valence-electron chi connectivity index (χ1n) is 3.73. The lowest BCUT2D eigenvalue weighted by Gasteiger charge is -1.97. The van der Waals surface area contributed by atoms with E-state index in [9.17, 15) is 4.79 Å². The Hall–Kier alpha value is -0.800. The molecule has 0 aliphatic heterocycles. The molecule has 0 aliphatic carbocycles. The van der Waals surface area contributed by atoms with Gasteiger partial charge in [-0.1, -0.05) is 23.9 Å². The molecule has 1 aromatic carbocycles. The van der Waals surface area contributed by atoms with Crippen LogP contribution in [0.1, 0.15) is 12.5 Å². The van der Waals surface area contributed by atoms with Crippen molar-refractivity contribution in [3.63, 3.8) is 0 Å². The summed E-state index contributed by atoms with van der Waals surface area (Å²) >= 11 is 1.33. The standard InChI is InChI=1S/C9H11NOS/c1-7(11)12-6-8-2-4-9(10)5-3-8/h2-5H,6,10H2,1H3/p+1. The summed E-state index contributed by atoms with van der Waals surface area (Å²) in [5, 5.41) is 0.161. The van der Waals surface area contributed by atoms with Crippen LogP contribution in [0.4, 0.5) is 5.69 Å². The third kappa shape index (κ3) is 3.07. The van der Waals surface area contributed by atoms with Gasteiger partial charge in [0, 0.05) is 12.7 Å². The van der Waals surface area contributed by atoms with Gasteiger partial charge < -0.3 is 5.73 Å². The summed E-state index contributed by atoms with van der Waals surface area (Å²) in [6.45, 7) is 1.58. The number of carbonyl (C=O) groups excluding carboxylic acids is 1. The SMILES string of the molecule is CC(=O)SCc1ccc([NH3+])cc1. The zero-order valence-electron chi connectivity index (χ0n) is 7.04. The summed E-state index contributed by atoms with van der Waals surface area (Å²) in [5.74, 6) is 0.760. The van der Waals surface area contributed by atoms with Gasteiger partial charge in [0.25, 0.3) is 0 Å². The van der Waals surface area contributed by atoms with E-state index in [0.29, 0.717) is 0 Å². The molecule has 0 spiro atoms. The molecule has 12 heavy (non-hydrogen) atoms. The highest BCUT2D eigenvalue weighted by molar-refractivity contribution is 8.12. The monoisotopic (exact) mass is 182 g/mol. The highest BCUT2D eigenvalue weighted by Gasteiger charge is 1.96. The van der Waals surface area contributed by atoms with Crippen LogP contribution in [0.25, 0.3) is 0 Å². The van der Waals surface area contributed by atoms with Crippen molar-refractivity contribution in [3.8, 4) is 0 Å². The van der Waals surface area contributed by atoms with Crippen molar-refractivity contribution in [2.24, 2.45) is 0 Å². The van der Waals surface area contributed by atoms with Crippen molar-refractivity contribution in [2.75, 3.05) is 0 Å². The van der Waals surface area contributed by atoms with Gasteiger partial charge in [-0.25, -0.2) is 0 Å². The van der Waals surface area contributed by atoms with Gasteiger partial charge in [0.15, 0.2) is 5.12 Å².